The first kappa shape index (κ1) is 15.0. The molecule has 1 aromatic heterocycles. The van der Waals surface area contributed by atoms with Crippen molar-refractivity contribution in [3.8, 4) is 0 Å². The zero-order chi connectivity index (χ0) is 14.8. The molecule has 1 fully saturated rings. The maximum absolute atomic E-state index is 12.1. The summed E-state index contributed by atoms with van der Waals surface area (Å²) in [7, 11) is 1.84. The first-order valence-corrected chi connectivity index (χ1v) is 7.01. The molecule has 20 heavy (non-hydrogen) atoms. The lowest BCUT2D eigenvalue weighted by atomic mass is 9.91. The van der Waals surface area contributed by atoms with Gasteiger partial charge in [0.25, 0.3) is 5.91 Å². The van der Waals surface area contributed by atoms with Crippen molar-refractivity contribution in [3.63, 3.8) is 0 Å². The maximum Gasteiger partial charge on any atom is 0.255 e. The van der Waals surface area contributed by atoms with E-state index in [-0.39, 0.29) is 11.3 Å². The molecular weight excluding hydrogens is 256 g/mol. The fourth-order valence-corrected chi connectivity index (χ4v) is 2.21. The highest BCUT2D eigenvalue weighted by Gasteiger charge is 2.23. The van der Waals surface area contributed by atoms with Crippen LogP contribution in [0.25, 0.3) is 0 Å². The molecule has 0 bridgehead atoms. The number of nitrogens with one attached hydrogen (secondary N) is 2. The minimum absolute atomic E-state index is 0.123. The van der Waals surface area contributed by atoms with Crippen LogP contribution >= 0.6 is 0 Å². The highest BCUT2D eigenvalue weighted by Crippen LogP contribution is 2.21. The van der Waals surface area contributed by atoms with Gasteiger partial charge in [-0.05, 0) is 11.8 Å². The number of aromatic nitrogens is 2. The monoisotopic (exact) mass is 280 g/mol. The summed E-state index contributed by atoms with van der Waals surface area (Å²) in [5, 5.41) is 10.5. The number of anilines is 1. The number of carbonyl (C=O) groups excluding carboxylic acids is 1. The van der Waals surface area contributed by atoms with Crippen molar-refractivity contribution in [1.29, 1.82) is 0 Å². The Balaban J connectivity index is 2.00. The van der Waals surface area contributed by atoms with E-state index in [1.807, 2.05) is 13.1 Å². The lowest BCUT2D eigenvalue weighted by molar-refractivity contribution is -0.128. The topological polar surface area (TPSA) is 68.2 Å². The number of morpholine rings is 1. The molecule has 1 amide bonds. The summed E-state index contributed by atoms with van der Waals surface area (Å²) in [6.45, 7) is 8.42. The van der Waals surface area contributed by atoms with Crippen LogP contribution in [0.1, 0.15) is 26.5 Å². The summed E-state index contributed by atoms with van der Waals surface area (Å²) < 4.78 is 7.14. The van der Waals surface area contributed by atoms with Crippen molar-refractivity contribution in [2.45, 2.75) is 33.3 Å². The van der Waals surface area contributed by atoms with Crippen LogP contribution in [0.2, 0.25) is 0 Å². The van der Waals surface area contributed by atoms with Gasteiger partial charge in [0.1, 0.15) is 11.9 Å². The lowest BCUT2D eigenvalue weighted by Crippen LogP contribution is -2.45. The number of hydrogen-bond donors (Lipinski definition) is 2. The number of hydrogen-bond acceptors (Lipinski definition) is 4. The zero-order valence-corrected chi connectivity index (χ0v) is 12.7. The molecular formula is C14H24N4O2. The second kappa shape index (κ2) is 5.93. The lowest BCUT2D eigenvalue weighted by Gasteiger charge is -2.22. The molecule has 1 aromatic rings. The first-order valence-electron chi connectivity index (χ1n) is 7.01. The Hall–Kier alpha value is -1.40. The van der Waals surface area contributed by atoms with E-state index in [1.165, 1.54) is 0 Å². The van der Waals surface area contributed by atoms with Gasteiger partial charge < -0.3 is 15.4 Å². The molecule has 0 aromatic carbocycles. The highest BCUT2D eigenvalue weighted by atomic mass is 16.5. The smallest absolute Gasteiger partial charge is 0.255 e. The Morgan fingerprint density at radius 2 is 2.35 bits per heavy atom. The third-order valence-corrected chi connectivity index (χ3v) is 3.11. The predicted molar refractivity (Wildman–Crippen MR) is 77.6 cm³/mol. The van der Waals surface area contributed by atoms with Gasteiger partial charge in [0.15, 0.2) is 0 Å². The van der Waals surface area contributed by atoms with Crippen molar-refractivity contribution in [1.82, 2.24) is 15.1 Å². The van der Waals surface area contributed by atoms with Crippen LogP contribution in [0, 0.1) is 5.41 Å². The van der Waals surface area contributed by atoms with E-state index in [0.717, 1.165) is 18.7 Å². The molecule has 2 N–H and O–H groups in total. The average Bonchev–Trinajstić information content (AvgIpc) is 2.68. The zero-order valence-electron chi connectivity index (χ0n) is 12.7. The van der Waals surface area contributed by atoms with Crippen molar-refractivity contribution in [3.05, 3.63) is 11.8 Å². The third-order valence-electron chi connectivity index (χ3n) is 3.11. The van der Waals surface area contributed by atoms with Crippen LogP contribution in [0.4, 0.5) is 5.82 Å². The van der Waals surface area contributed by atoms with Gasteiger partial charge in [0.2, 0.25) is 0 Å². The molecule has 1 atom stereocenters. The van der Waals surface area contributed by atoms with E-state index in [0.29, 0.717) is 19.0 Å². The Kier molecular flexibility index (Phi) is 4.45. The highest BCUT2D eigenvalue weighted by molar-refractivity contribution is 5.93. The molecule has 1 unspecified atom stereocenters. The molecule has 1 aliphatic rings. The van der Waals surface area contributed by atoms with Gasteiger partial charge in [0, 0.05) is 26.2 Å². The number of rotatable bonds is 3. The Morgan fingerprint density at radius 3 is 2.95 bits per heavy atom. The van der Waals surface area contributed by atoms with Crippen LogP contribution in [0.15, 0.2) is 6.07 Å². The summed E-state index contributed by atoms with van der Waals surface area (Å²) in [4.78, 5) is 12.1. The summed E-state index contributed by atoms with van der Waals surface area (Å²) in [6, 6.07) is 1.93. The van der Waals surface area contributed by atoms with Crippen LogP contribution in [0.5, 0.6) is 0 Å². The van der Waals surface area contributed by atoms with Crippen molar-refractivity contribution in [2.75, 3.05) is 25.0 Å². The summed E-state index contributed by atoms with van der Waals surface area (Å²) in [5.74, 6) is 0.589. The SMILES string of the molecule is Cn1nc(CC(C)(C)C)cc1NC(=O)C1CNCCO1. The minimum Gasteiger partial charge on any atom is -0.366 e. The predicted octanol–water partition coefficient (Wildman–Crippen LogP) is 0.936. The number of ether oxygens (including phenoxy) is 1. The molecule has 1 aliphatic heterocycles. The normalized spacial score (nSPS) is 19.9. The van der Waals surface area contributed by atoms with Gasteiger partial charge in [-0.2, -0.15) is 5.10 Å². The van der Waals surface area contributed by atoms with E-state index in [9.17, 15) is 4.79 Å². The van der Waals surface area contributed by atoms with E-state index >= 15 is 0 Å². The number of amides is 1. The Bertz CT molecular complexity index is 470. The summed E-state index contributed by atoms with van der Waals surface area (Å²) in [5.41, 5.74) is 1.16. The molecule has 6 heteroatoms. The number of carbonyl (C=O) groups is 1. The van der Waals surface area contributed by atoms with Crippen molar-refractivity contribution < 1.29 is 9.53 Å². The molecule has 0 radical (unpaired) electrons. The maximum atomic E-state index is 12.1. The largest absolute Gasteiger partial charge is 0.366 e. The number of nitrogens with zero attached hydrogens (tertiary/aromatic N) is 2. The van der Waals surface area contributed by atoms with Gasteiger partial charge in [-0.15, -0.1) is 0 Å². The van der Waals surface area contributed by atoms with Gasteiger partial charge >= 0.3 is 0 Å². The Labute approximate surface area is 119 Å². The molecule has 0 saturated carbocycles. The van der Waals surface area contributed by atoms with E-state index in [4.69, 9.17) is 4.74 Å². The van der Waals surface area contributed by atoms with Gasteiger partial charge in [-0.3, -0.25) is 9.48 Å². The molecule has 0 aliphatic carbocycles. The first-order chi connectivity index (χ1) is 9.35. The second-order valence-electron chi connectivity index (χ2n) is 6.43. The quantitative estimate of drug-likeness (QED) is 0.864. The van der Waals surface area contributed by atoms with Gasteiger partial charge in [-0.25, -0.2) is 0 Å². The third kappa shape index (κ3) is 4.05. The van der Waals surface area contributed by atoms with Crippen LogP contribution in [0.3, 0.4) is 0 Å². The van der Waals surface area contributed by atoms with Crippen LogP contribution in [-0.2, 0) is 23.0 Å². The van der Waals surface area contributed by atoms with Gasteiger partial charge in [-0.1, -0.05) is 20.8 Å². The van der Waals surface area contributed by atoms with Crippen molar-refractivity contribution >= 4 is 11.7 Å². The molecule has 1 saturated heterocycles. The minimum atomic E-state index is -0.426. The van der Waals surface area contributed by atoms with E-state index < -0.39 is 6.10 Å². The molecule has 2 rings (SSSR count). The van der Waals surface area contributed by atoms with E-state index in [1.54, 1.807) is 4.68 Å². The van der Waals surface area contributed by atoms with Crippen LogP contribution < -0.4 is 10.6 Å². The molecule has 6 nitrogen and oxygen atoms in total. The molecule has 0 spiro atoms. The van der Waals surface area contributed by atoms with E-state index in [2.05, 4.69) is 36.5 Å². The molecule has 112 valence electrons. The second-order valence-corrected chi connectivity index (χ2v) is 6.43. The fraction of sp³-hybridized carbons (Fsp3) is 0.714. The Morgan fingerprint density at radius 1 is 1.60 bits per heavy atom. The number of aryl methyl sites for hydroxylation is 1. The average molecular weight is 280 g/mol. The van der Waals surface area contributed by atoms with Crippen LogP contribution in [-0.4, -0.2) is 41.5 Å². The molecule has 2 heterocycles. The summed E-state index contributed by atoms with van der Waals surface area (Å²) >= 11 is 0. The standard InChI is InChI=1S/C14H24N4O2/c1-14(2,3)8-10-7-12(18(4)17-10)16-13(19)11-9-15-5-6-20-11/h7,11,15H,5-6,8-9H2,1-4H3,(H,16,19). The van der Waals surface area contributed by atoms with Gasteiger partial charge in [0.05, 0.1) is 12.3 Å². The van der Waals surface area contributed by atoms with Crippen molar-refractivity contribution in [2.24, 2.45) is 12.5 Å². The fourth-order valence-electron chi connectivity index (χ4n) is 2.21. The summed E-state index contributed by atoms with van der Waals surface area (Å²) in [6.07, 6.45) is 0.447.